The number of carboxylic acids is 1. The van der Waals surface area contributed by atoms with E-state index in [1.165, 1.54) is 19.6 Å². The number of carboxylic acid groups (broad SMARTS) is 1. The number of unbranched alkanes of at least 4 members (excludes halogenated alkanes) is 2. The van der Waals surface area contributed by atoms with Gasteiger partial charge in [0, 0.05) is 45.7 Å². The molecule has 0 saturated carbocycles. The van der Waals surface area contributed by atoms with E-state index in [1.54, 1.807) is 0 Å². The third-order valence-electron chi connectivity index (χ3n) is 3.69. The van der Waals surface area contributed by atoms with Gasteiger partial charge in [-0.25, -0.2) is 0 Å². The van der Waals surface area contributed by atoms with Crippen molar-refractivity contribution in [3.05, 3.63) is 0 Å². The second-order valence-electron chi connectivity index (χ2n) is 5.69. The molecule has 1 aliphatic heterocycles. The molecule has 5 nitrogen and oxygen atoms in total. The van der Waals surface area contributed by atoms with Crippen LogP contribution in [0.25, 0.3) is 0 Å². The molecule has 0 radical (unpaired) electrons. The molecule has 0 aromatic heterocycles. The van der Waals surface area contributed by atoms with Crippen LogP contribution in [0.3, 0.4) is 0 Å². The fraction of sp³-hybridized carbons (Fsp3) is 0.929. The van der Waals surface area contributed by atoms with E-state index >= 15 is 0 Å². The Balaban J connectivity index is 1.99. The smallest absolute Gasteiger partial charge is 0.303 e. The van der Waals surface area contributed by atoms with Crippen LogP contribution in [0.2, 0.25) is 0 Å². The van der Waals surface area contributed by atoms with Crippen molar-refractivity contribution in [3.8, 4) is 0 Å². The molecule has 112 valence electrons. The van der Waals surface area contributed by atoms with Gasteiger partial charge in [0.25, 0.3) is 0 Å². The molecule has 0 aromatic rings. The van der Waals surface area contributed by atoms with Gasteiger partial charge in [0.15, 0.2) is 0 Å². The van der Waals surface area contributed by atoms with Crippen molar-refractivity contribution in [2.45, 2.75) is 25.7 Å². The molecule has 1 aliphatic rings. The number of aliphatic carboxylic acids is 1. The molecule has 19 heavy (non-hydrogen) atoms. The fourth-order valence-electron chi connectivity index (χ4n) is 2.37. The summed E-state index contributed by atoms with van der Waals surface area (Å²) in [5.74, 6) is -0.672. The minimum Gasteiger partial charge on any atom is -0.481 e. The van der Waals surface area contributed by atoms with Gasteiger partial charge in [-0.15, -0.1) is 0 Å². The third-order valence-corrected chi connectivity index (χ3v) is 3.69. The van der Waals surface area contributed by atoms with Gasteiger partial charge in [-0.05, 0) is 33.5 Å². The Hall–Kier alpha value is -0.650. The fourth-order valence-corrected chi connectivity index (χ4v) is 2.37. The summed E-state index contributed by atoms with van der Waals surface area (Å²) < 4.78 is 0. The summed E-state index contributed by atoms with van der Waals surface area (Å²) in [6.45, 7) is 8.08. The minimum atomic E-state index is -0.672. The van der Waals surface area contributed by atoms with Gasteiger partial charge in [0.1, 0.15) is 0 Å². The molecule has 0 bridgehead atoms. The van der Waals surface area contributed by atoms with Gasteiger partial charge < -0.3 is 14.9 Å². The van der Waals surface area contributed by atoms with Crippen LogP contribution in [0.15, 0.2) is 0 Å². The summed E-state index contributed by atoms with van der Waals surface area (Å²) in [5, 5.41) is 8.56. The zero-order valence-electron chi connectivity index (χ0n) is 12.5. The molecular weight excluding hydrogens is 242 g/mol. The number of likely N-dealkylation sites (N-methyl/N-ethyl adjacent to an activating group) is 1. The van der Waals surface area contributed by atoms with Crippen LogP contribution in [-0.4, -0.2) is 85.7 Å². The molecule has 5 heteroatoms. The zero-order chi connectivity index (χ0) is 14.1. The number of piperazine rings is 1. The van der Waals surface area contributed by atoms with Crippen LogP contribution < -0.4 is 0 Å². The second kappa shape index (κ2) is 9.28. The van der Waals surface area contributed by atoms with Crippen LogP contribution in [-0.2, 0) is 4.79 Å². The van der Waals surface area contributed by atoms with Gasteiger partial charge in [-0.3, -0.25) is 9.69 Å². The molecule has 0 unspecified atom stereocenters. The van der Waals surface area contributed by atoms with Crippen LogP contribution in [0.5, 0.6) is 0 Å². The first-order valence-electron chi connectivity index (χ1n) is 7.39. The summed E-state index contributed by atoms with van der Waals surface area (Å²) >= 11 is 0. The molecule has 0 atom stereocenters. The molecule has 1 saturated heterocycles. The Morgan fingerprint density at radius 2 is 1.58 bits per heavy atom. The standard InChI is InChI=1S/C14H29N3O2/c1-15(2)8-9-17-12-10-16(11-13-17)7-5-3-4-6-14(18)19/h3-13H2,1-2H3,(H,18,19). The predicted molar refractivity (Wildman–Crippen MR) is 77.5 cm³/mol. The normalized spacial score (nSPS) is 18.1. The highest BCUT2D eigenvalue weighted by molar-refractivity contribution is 5.66. The predicted octanol–water partition coefficient (Wildman–Crippen LogP) is 0.811. The summed E-state index contributed by atoms with van der Waals surface area (Å²) in [6, 6.07) is 0. The highest BCUT2D eigenvalue weighted by Gasteiger charge is 2.15. The van der Waals surface area contributed by atoms with E-state index in [4.69, 9.17) is 5.11 Å². The molecule has 1 fully saturated rings. The lowest BCUT2D eigenvalue weighted by Gasteiger charge is -2.35. The number of nitrogens with zero attached hydrogens (tertiary/aromatic N) is 3. The van der Waals surface area contributed by atoms with Crippen molar-refractivity contribution in [2.75, 3.05) is 59.9 Å². The average molecular weight is 271 g/mol. The third kappa shape index (κ3) is 8.18. The molecular formula is C14H29N3O2. The Kier molecular flexibility index (Phi) is 8.02. The Morgan fingerprint density at radius 1 is 1.00 bits per heavy atom. The maximum atomic E-state index is 10.4. The average Bonchev–Trinajstić information content (AvgIpc) is 2.37. The van der Waals surface area contributed by atoms with Crippen molar-refractivity contribution in [1.29, 1.82) is 0 Å². The first kappa shape index (κ1) is 16.4. The van der Waals surface area contributed by atoms with E-state index in [9.17, 15) is 4.79 Å². The molecule has 1 heterocycles. The molecule has 0 aliphatic carbocycles. The zero-order valence-corrected chi connectivity index (χ0v) is 12.5. The Labute approximate surface area is 117 Å². The van der Waals surface area contributed by atoms with E-state index in [0.717, 1.165) is 45.4 Å². The largest absolute Gasteiger partial charge is 0.481 e. The number of carbonyl (C=O) groups is 1. The van der Waals surface area contributed by atoms with E-state index in [-0.39, 0.29) is 0 Å². The first-order valence-corrected chi connectivity index (χ1v) is 7.39. The second-order valence-corrected chi connectivity index (χ2v) is 5.69. The summed E-state index contributed by atoms with van der Waals surface area (Å²) in [6.07, 6.45) is 3.30. The van der Waals surface area contributed by atoms with Gasteiger partial charge in [-0.1, -0.05) is 6.42 Å². The molecule has 0 amide bonds. The topological polar surface area (TPSA) is 47.0 Å². The monoisotopic (exact) mass is 271 g/mol. The van der Waals surface area contributed by atoms with Gasteiger partial charge in [-0.2, -0.15) is 0 Å². The number of hydrogen-bond donors (Lipinski definition) is 1. The van der Waals surface area contributed by atoms with E-state index in [2.05, 4.69) is 28.8 Å². The van der Waals surface area contributed by atoms with Crippen molar-refractivity contribution in [1.82, 2.24) is 14.7 Å². The van der Waals surface area contributed by atoms with Gasteiger partial charge in [0.05, 0.1) is 0 Å². The van der Waals surface area contributed by atoms with Crippen LogP contribution in [0, 0.1) is 0 Å². The van der Waals surface area contributed by atoms with E-state index in [0.29, 0.717) is 6.42 Å². The quantitative estimate of drug-likeness (QED) is 0.629. The molecule has 0 spiro atoms. The van der Waals surface area contributed by atoms with Crippen LogP contribution in [0.4, 0.5) is 0 Å². The molecule has 0 aromatic carbocycles. The van der Waals surface area contributed by atoms with Crippen molar-refractivity contribution in [3.63, 3.8) is 0 Å². The van der Waals surface area contributed by atoms with E-state index < -0.39 is 5.97 Å². The van der Waals surface area contributed by atoms with Crippen molar-refractivity contribution in [2.24, 2.45) is 0 Å². The number of rotatable bonds is 9. The van der Waals surface area contributed by atoms with Crippen molar-refractivity contribution >= 4 is 5.97 Å². The highest BCUT2D eigenvalue weighted by atomic mass is 16.4. The van der Waals surface area contributed by atoms with Crippen molar-refractivity contribution < 1.29 is 9.90 Å². The van der Waals surface area contributed by atoms with Gasteiger partial charge >= 0.3 is 5.97 Å². The SMILES string of the molecule is CN(C)CCN1CCN(CCCCCC(=O)O)CC1. The lowest BCUT2D eigenvalue weighted by molar-refractivity contribution is -0.137. The van der Waals surface area contributed by atoms with Crippen LogP contribution >= 0.6 is 0 Å². The van der Waals surface area contributed by atoms with Gasteiger partial charge in [0.2, 0.25) is 0 Å². The Bertz CT molecular complexity index is 251. The van der Waals surface area contributed by atoms with E-state index in [1.807, 2.05) is 0 Å². The first-order chi connectivity index (χ1) is 9.08. The maximum absolute atomic E-state index is 10.4. The summed E-state index contributed by atoms with van der Waals surface area (Å²) in [5.41, 5.74) is 0. The molecule has 1 rings (SSSR count). The Morgan fingerprint density at radius 3 is 2.11 bits per heavy atom. The lowest BCUT2D eigenvalue weighted by atomic mass is 10.2. The lowest BCUT2D eigenvalue weighted by Crippen LogP contribution is -2.48. The number of hydrogen-bond acceptors (Lipinski definition) is 4. The minimum absolute atomic E-state index is 0.318. The summed E-state index contributed by atoms with van der Waals surface area (Å²) in [4.78, 5) is 17.7. The summed E-state index contributed by atoms with van der Waals surface area (Å²) in [7, 11) is 4.24. The van der Waals surface area contributed by atoms with Crippen LogP contribution in [0.1, 0.15) is 25.7 Å². The molecule has 1 N–H and O–H groups in total. The maximum Gasteiger partial charge on any atom is 0.303 e. The highest BCUT2D eigenvalue weighted by Crippen LogP contribution is 2.06.